The number of benzene rings is 1. The summed E-state index contributed by atoms with van der Waals surface area (Å²) in [5.74, 6) is 0.214. The predicted octanol–water partition coefficient (Wildman–Crippen LogP) is 2.91. The molecule has 3 rings (SSSR count). The van der Waals surface area contributed by atoms with Gasteiger partial charge in [0.15, 0.2) is 0 Å². The monoisotopic (exact) mass is 313 g/mol. The van der Waals surface area contributed by atoms with Crippen LogP contribution in [0, 0.1) is 0 Å². The number of fused-ring (bicyclic) bond motifs is 1. The van der Waals surface area contributed by atoms with Crippen molar-refractivity contribution in [3.05, 3.63) is 58.4 Å². The number of para-hydroxylation sites is 1. The second-order valence-corrected chi connectivity index (χ2v) is 6.63. The molecule has 0 aliphatic rings. The molecule has 2 heterocycles. The van der Waals surface area contributed by atoms with Crippen molar-refractivity contribution in [2.45, 2.75) is 26.4 Å². The molecule has 0 aliphatic carbocycles. The van der Waals surface area contributed by atoms with Gasteiger partial charge in [-0.2, -0.15) is 0 Å². The summed E-state index contributed by atoms with van der Waals surface area (Å²) in [6.07, 6.45) is 1.85. The molecule has 2 N–H and O–H groups in total. The molecule has 2 atom stereocenters. The van der Waals surface area contributed by atoms with Gasteiger partial charge in [-0.3, -0.25) is 4.79 Å². The second kappa shape index (κ2) is 6.46. The third-order valence-electron chi connectivity index (χ3n) is 4.30. The Morgan fingerprint density at radius 1 is 1.27 bits per heavy atom. The molecule has 3 nitrogen and oxygen atoms in total. The zero-order valence-corrected chi connectivity index (χ0v) is 13.7. The summed E-state index contributed by atoms with van der Waals surface area (Å²) in [5.41, 5.74) is 1.83. The van der Waals surface area contributed by atoms with Crippen LogP contribution >= 0.6 is 11.3 Å². The standard InChI is InChI=1S/C18H20N2OS/c1-3-20(12-14-7-6-10-22-14)13(2)18(21)16-11-19-17-9-5-4-8-15(16)17/h4-11,13,19H,3,12H2,1-2H3/p+1/t13-/m0/s1. The number of Topliss-reactive ketones (excluding diaryl/α,β-unsaturated/α-hetero) is 1. The Bertz CT molecular complexity index is 760. The van der Waals surface area contributed by atoms with Gasteiger partial charge in [-0.15, -0.1) is 11.3 Å². The summed E-state index contributed by atoms with van der Waals surface area (Å²) in [6, 6.07) is 12.1. The topological polar surface area (TPSA) is 37.3 Å². The second-order valence-electron chi connectivity index (χ2n) is 5.60. The SMILES string of the molecule is CC[NH+](Cc1cccs1)[C@@H](C)C(=O)c1c[nH]c2ccccc12. The fourth-order valence-corrected chi connectivity index (χ4v) is 3.67. The van der Waals surface area contributed by atoms with Gasteiger partial charge in [-0.05, 0) is 31.4 Å². The lowest BCUT2D eigenvalue weighted by Crippen LogP contribution is -3.14. The highest BCUT2D eigenvalue weighted by molar-refractivity contribution is 7.09. The lowest BCUT2D eigenvalue weighted by atomic mass is 10.0. The molecule has 0 spiro atoms. The Hall–Kier alpha value is -1.91. The molecule has 0 fully saturated rings. The van der Waals surface area contributed by atoms with Crippen LogP contribution in [-0.4, -0.2) is 23.4 Å². The smallest absolute Gasteiger partial charge is 0.221 e. The Morgan fingerprint density at radius 3 is 2.82 bits per heavy atom. The van der Waals surface area contributed by atoms with Crippen molar-refractivity contribution in [2.24, 2.45) is 0 Å². The van der Waals surface area contributed by atoms with Crippen molar-refractivity contribution in [3.8, 4) is 0 Å². The number of aromatic amines is 1. The van der Waals surface area contributed by atoms with E-state index in [1.165, 1.54) is 9.78 Å². The first kappa shape index (κ1) is 15.0. The number of likely N-dealkylation sites (N-methyl/N-ethyl adjacent to an activating group) is 1. The van der Waals surface area contributed by atoms with E-state index in [0.29, 0.717) is 0 Å². The molecule has 0 aliphatic heterocycles. The first-order valence-electron chi connectivity index (χ1n) is 7.68. The Balaban J connectivity index is 1.83. The van der Waals surface area contributed by atoms with Gasteiger partial charge >= 0.3 is 0 Å². The number of H-pyrrole nitrogens is 1. The minimum atomic E-state index is -0.0497. The van der Waals surface area contributed by atoms with Gasteiger partial charge in [0.1, 0.15) is 12.6 Å². The van der Waals surface area contributed by atoms with Gasteiger partial charge in [-0.25, -0.2) is 0 Å². The summed E-state index contributed by atoms with van der Waals surface area (Å²) in [5, 5.41) is 3.11. The maximum Gasteiger partial charge on any atom is 0.221 e. The highest BCUT2D eigenvalue weighted by Crippen LogP contribution is 2.18. The van der Waals surface area contributed by atoms with Crippen molar-refractivity contribution in [1.82, 2.24) is 4.98 Å². The van der Waals surface area contributed by atoms with Crippen LogP contribution in [0.4, 0.5) is 0 Å². The molecule has 1 unspecified atom stereocenters. The van der Waals surface area contributed by atoms with Crippen LogP contribution in [0.15, 0.2) is 48.0 Å². The van der Waals surface area contributed by atoms with Crippen LogP contribution in [0.5, 0.6) is 0 Å². The fraction of sp³-hybridized carbons (Fsp3) is 0.278. The molecule has 22 heavy (non-hydrogen) atoms. The number of nitrogens with one attached hydrogen (secondary N) is 2. The normalized spacial score (nSPS) is 14.1. The molecule has 0 amide bonds. The predicted molar refractivity (Wildman–Crippen MR) is 91.6 cm³/mol. The highest BCUT2D eigenvalue weighted by Gasteiger charge is 2.27. The van der Waals surface area contributed by atoms with Gasteiger partial charge in [0.25, 0.3) is 0 Å². The van der Waals surface area contributed by atoms with E-state index >= 15 is 0 Å². The number of quaternary nitrogens is 1. The number of carbonyl (C=O) groups is 1. The van der Waals surface area contributed by atoms with Crippen molar-refractivity contribution in [2.75, 3.05) is 6.54 Å². The quantitative estimate of drug-likeness (QED) is 0.675. The minimum absolute atomic E-state index is 0.0497. The largest absolute Gasteiger partial charge is 0.360 e. The minimum Gasteiger partial charge on any atom is -0.360 e. The number of hydrogen-bond acceptors (Lipinski definition) is 2. The number of ketones is 1. The van der Waals surface area contributed by atoms with E-state index in [2.05, 4.69) is 29.4 Å². The van der Waals surface area contributed by atoms with Gasteiger partial charge in [0.05, 0.1) is 11.4 Å². The average Bonchev–Trinajstić information content (AvgIpc) is 3.20. The average molecular weight is 313 g/mol. The van der Waals surface area contributed by atoms with E-state index < -0.39 is 0 Å². The molecule has 0 saturated heterocycles. The van der Waals surface area contributed by atoms with E-state index in [4.69, 9.17) is 0 Å². The van der Waals surface area contributed by atoms with Crippen molar-refractivity contribution < 1.29 is 9.69 Å². The molecular weight excluding hydrogens is 292 g/mol. The van der Waals surface area contributed by atoms with Crippen LogP contribution in [0.1, 0.15) is 29.1 Å². The number of carbonyl (C=O) groups excluding carboxylic acids is 1. The molecule has 0 bridgehead atoms. The zero-order chi connectivity index (χ0) is 15.5. The summed E-state index contributed by atoms with van der Waals surface area (Å²) in [6.45, 7) is 6.02. The van der Waals surface area contributed by atoms with Crippen molar-refractivity contribution in [1.29, 1.82) is 0 Å². The van der Waals surface area contributed by atoms with Crippen LogP contribution in [0.2, 0.25) is 0 Å². The van der Waals surface area contributed by atoms with E-state index in [1.807, 2.05) is 37.4 Å². The molecule has 114 valence electrons. The Kier molecular flexibility index (Phi) is 4.41. The maximum absolute atomic E-state index is 12.9. The summed E-state index contributed by atoms with van der Waals surface area (Å²) in [4.78, 5) is 18.7. The number of thiophene rings is 1. The highest BCUT2D eigenvalue weighted by atomic mass is 32.1. The van der Waals surface area contributed by atoms with Gasteiger partial charge < -0.3 is 9.88 Å². The third-order valence-corrected chi connectivity index (χ3v) is 5.17. The zero-order valence-electron chi connectivity index (χ0n) is 12.9. The van der Waals surface area contributed by atoms with Gasteiger partial charge in [0.2, 0.25) is 5.78 Å². The maximum atomic E-state index is 12.9. The van der Waals surface area contributed by atoms with Gasteiger partial charge in [-0.1, -0.05) is 24.3 Å². The Morgan fingerprint density at radius 2 is 2.09 bits per heavy atom. The van der Waals surface area contributed by atoms with Crippen LogP contribution < -0.4 is 4.90 Å². The summed E-state index contributed by atoms with van der Waals surface area (Å²) >= 11 is 1.76. The molecule has 3 aromatic rings. The van der Waals surface area contributed by atoms with Crippen LogP contribution in [0.25, 0.3) is 10.9 Å². The van der Waals surface area contributed by atoms with E-state index in [1.54, 1.807) is 11.3 Å². The first-order valence-corrected chi connectivity index (χ1v) is 8.56. The molecule has 4 heteroatoms. The van der Waals surface area contributed by atoms with Crippen LogP contribution in [-0.2, 0) is 6.54 Å². The summed E-state index contributed by atoms with van der Waals surface area (Å²) < 4.78 is 0. The van der Waals surface area contributed by atoms with Crippen molar-refractivity contribution in [3.63, 3.8) is 0 Å². The van der Waals surface area contributed by atoms with Crippen molar-refractivity contribution >= 4 is 28.0 Å². The first-order chi connectivity index (χ1) is 10.7. The van der Waals surface area contributed by atoms with E-state index in [0.717, 1.165) is 29.6 Å². The number of aromatic nitrogens is 1. The van der Waals surface area contributed by atoms with E-state index in [-0.39, 0.29) is 11.8 Å². The lowest BCUT2D eigenvalue weighted by Gasteiger charge is -2.23. The molecule has 1 aromatic carbocycles. The molecular formula is C18H21N2OS+. The molecule has 0 radical (unpaired) electrons. The lowest BCUT2D eigenvalue weighted by molar-refractivity contribution is -0.925. The van der Waals surface area contributed by atoms with E-state index in [9.17, 15) is 4.79 Å². The Labute approximate surface area is 134 Å². The van der Waals surface area contributed by atoms with Crippen LogP contribution in [0.3, 0.4) is 0 Å². The summed E-state index contributed by atoms with van der Waals surface area (Å²) in [7, 11) is 0. The number of rotatable bonds is 6. The third kappa shape index (κ3) is 2.85. The number of hydrogen-bond donors (Lipinski definition) is 2. The molecule has 0 saturated carbocycles. The van der Waals surface area contributed by atoms with Gasteiger partial charge in [0, 0.05) is 22.7 Å². The molecule has 2 aromatic heterocycles. The fourth-order valence-electron chi connectivity index (χ4n) is 2.92.